The highest BCUT2D eigenvalue weighted by atomic mass is 16.6. The van der Waals surface area contributed by atoms with Gasteiger partial charge in [0.15, 0.2) is 23.7 Å². The summed E-state index contributed by atoms with van der Waals surface area (Å²) in [5, 5.41) is 7.32. The van der Waals surface area contributed by atoms with Crippen LogP contribution < -0.4 is 10.1 Å². The van der Waals surface area contributed by atoms with Crippen LogP contribution in [0.25, 0.3) is 11.3 Å². The van der Waals surface area contributed by atoms with Gasteiger partial charge in [0.05, 0.1) is 5.56 Å². The fourth-order valence-electron chi connectivity index (χ4n) is 3.08. The van der Waals surface area contributed by atoms with Gasteiger partial charge in [0.1, 0.15) is 0 Å². The molecule has 3 aromatic rings. The summed E-state index contributed by atoms with van der Waals surface area (Å²) in [4.78, 5) is 19.9. The molecule has 1 aromatic carbocycles. The Morgan fingerprint density at radius 3 is 2.56 bits per heavy atom. The zero-order valence-corrected chi connectivity index (χ0v) is 13.8. The van der Waals surface area contributed by atoms with E-state index in [9.17, 15) is 4.79 Å². The van der Waals surface area contributed by atoms with E-state index in [1.807, 2.05) is 0 Å². The van der Waals surface area contributed by atoms with Crippen LogP contribution in [0.15, 0.2) is 47.5 Å². The third kappa shape index (κ3) is 3.40. The lowest BCUT2D eigenvalue weighted by molar-refractivity contribution is -0.862. The number of hydrogen-bond donors (Lipinski definition) is 1. The molecular weight excluding hydrogens is 318 g/mol. The van der Waals surface area contributed by atoms with Crippen molar-refractivity contribution >= 4 is 11.7 Å². The van der Waals surface area contributed by atoms with Crippen LogP contribution in [0.2, 0.25) is 0 Å². The van der Waals surface area contributed by atoms with Gasteiger partial charge in [-0.25, -0.2) is 9.97 Å². The molecular formula is C18H18N5O2+. The maximum Gasteiger partial charge on any atom is 0.276 e. The number of fused-ring (bicyclic) bond motifs is 1. The van der Waals surface area contributed by atoms with E-state index in [0.29, 0.717) is 17.7 Å². The van der Waals surface area contributed by atoms with Gasteiger partial charge in [-0.3, -0.25) is 4.79 Å². The Bertz CT molecular complexity index is 879. The fourth-order valence-corrected chi connectivity index (χ4v) is 3.08. The summed E-state index contributed by atoms with van der Waals surface area (Å²) >= 11 is 0. The number of ketones is 1. The van der Waals surface area contributed by atoms with E-state index in [0.717, 1.165) is 18.4 Å². The molecule has 0 unspecified atom stereocenters. The standard InChI is InChI=1S/C18H18N5O2/c1-12(24)10-23-11-17(22-25-23)15-8-19-18(20-9-15)21-16-6-13-4-2-3-5-14(13)7-16/h2-5,8-9,11,16H,6-7,10H2,1H3,(H,19,20,21)/q+1. The lowest BCUT2D eigenvalue weighted by Crippen LogP contribution is -2.34. The summed E-state index contributed by atoms with van der Waals surface area (Å²) in [6.07, 6.45) is 7.03. The predicted octanol–water partition coefficient (Wildman–Crippen LogP) is 1.59. The van der Waals surface area contributed by atoms with Crippen LogP contribution in [0.3, 0.4) is 0 Å². The highest BCUT2D eigenvalue weighted by molar-refractivity contribution is 5.73. The molecule has 2 heterocycles. The first-order valence-corrected chi connectivity index (χ1v) is 8.19. The first kappa shape index (κ1) is 15.4. The minimum absolute atomic E-state index is 0.000979. The summed E-state index contributed by atoms with van der Waals surface area (Å²) in [6.45, 7) is 1.66. The van der Waals surface area contributed by atoms with Gasteiger partial charge >= 0.3 is 0 Å². The highest BCUT2D eigenvalue weighted by Crippen LogP contribution is 2.23. The molecule has 0 bridgehead atoms. The van der Waals surface area contributed by atoms with E-state index in [1.54, 1.807) is 18.6 Å². The summed E-state index contributed by atoms with van der Waals surface area (Å²) in [5.74, 6) is 0.600. The Labute approximate surface area is 144 Å². The summed E-state index contributed by atoms with van der Waals surface area (Å²) in [5.41, 5.74) is 4.11. The van der Waals surface area contributed by atoms with Crippen LogP contribution in [0.4, 0.5) is 5.95 Å². The largest absolute Gasteiger partial charge is 0.351 e. The van der Waals surface area contributed by atoms with E-state index >= 15 is 0 Å². The van der Waals surface area contributed by atoms with Gasteiger partial charge in [0.2, 0.25) is 5.95 Å². The summed E-state index contributed by atoms with van der Waals surface area (Å²) in [6, 6.07) is 8.79. The maximum atomic E-state index is 11.1. The molecule has 0 fully saturated rings. The Hall–Kier alpha value is -3.09. The monoisotopic (exact) mass is 336 g/mol. The predicted molar refractivity (Wildman–Crippen MR) is 89.7 cm³/mol. The zero-order chi connectivity index (χ0) is 17.2. The number of Topliss-reactive ketones (excluding diaryl/α,β-unsaturated/α-hetero) is 1. The van der Waals surface area contributed by atoms with Crippen molar-refractivity contribution < 1.29 is 14.2 Å². The average Bonchev–Trinajstić information content (AvgIpc) is 3.21. The number of benzene rings is 1. The van der Waals surface area contributed by atoms with Gasteiger partial charge in [0, 0.05) is 18.4 Å². The first-order chi connectivity index (χ1) is 12.2. The second kappa shape index (κ2) is 6.43. The van der Waals surface area contributed by atoms with E-state index in [2.05, 4.69) is 44.7 Å². The van der Waals surface area contributed by atoms with Crippen molar-refractivity contribution in [1.82, 2.24) is 15.1 Å². The van der Waals surface area contributed by atoms with Crippen LogP contribution >= 0.6 is 0 Å². The molecule has 0 aliphatic heterocycles. The molecule has 25 heavy (non-hydrogen) atoms. The second-order valence-corrected chi connectivity index (χ2v) is 6.28. The molecule has 0 saturated carbocycles. The van der Waals surface area contributed by atoms with Crippen molar-refractivity contribution in [1.29, 1.82) is 0 Å². The number of rotatable bonds is 5. The molecule has 0 spiro atoms. The normalized spacial score (nSPS) is 13.6. The Balaban J connectivity index is 1.42. The van der Waals surface area contributed by atoms with Crippen molar-refractivity contribution in [3.05, 3.63) is 54.0 Å². The lowest BCUT2D eigenvalue weighted by atomic mass is 10.1. The molecule has 0 amide bonds. The molecule has 126 valence electrons. The molecule has 1 N–H and O–H groups in total. The quantitative estimate of drug-likeness (QED) is 0.712. The fraction of sp³-hybridized carbons (Fsp3) is 0.278. The zero-order valence-electron chi connectivity index (χ0n) is 13.8. The highest BCUT2D eigenvalue weighted by Gasteiger charge is 2.22. The van der Waals surface area contributed by atoms with Gasteiger partial charge in [0.25, 0.3) is 5.69 Å². The molecule has 2 aromatic heterocycles. The van der Waals surface area contributed by atoms with Crippen LogP contribution in [0, 0.1) is 0 Å². The third-order valence-electron chi connectivity index (χ3n) is 4.22. The van der Waals surface area contributed by atoms with Crippen LogP contribution in [0.1, 0.15) is 18.1 Å². The minimum Gasteiger partial charge on any atom is -0.351 e. The van der Waals surface area contributed by atoms with Crippen molar-refractivity contribution in [2.24, 2.45) is 0 Å². The SMILES string of the molecule is CC(=O)C[n+]1cc(-c2cnc(NC3Cc4ccccc4C3)nc2)no1. The Morgan fingerprint density at radius 1 is 1.24 bits per heavy atom. The third-order valence-corrected chi connectivity index (χ3v) is 4.22. The Morgan fingerprint density at radius 2 is 1.92 bits per heavy atom. The number of carbonyl (C=O) groups is 1. The molecule has 4 rings (SSSR count). The average molecular weight is 336 g/mol. The second-order valence-electron chi connectivity index (χ2n) is 6.28. The molecule has 0 radical (unpaired) electrons. The maximum absolute atomic E-state index is 11.1. The first-order valence-electron chi connectivity index (χ1n) is 8.19. The number of hydrogen-bond acceptors (Lipinski definition) is 6. The van der Waals surface area contributed by atoms with Crippen molar-refractivity contribution in [3.63, 3.8) is 0 Å². The number of nitrogens with zero attached hydrogens (tertiary/aromatic N) is 4. The van der Waals surface area contributed by atoms with E-state index in [4.69, 9.17) is 4.63 Å². The van der Waals surface area contributed by atoms with Crippen LogP contribution in [0.5, 0.6) is 0 Å². The van der Waals surface area contributed by atoms with Gasteiger partial charge in [-0.15, -0.1) is 0 Å². The summed E-state index contributed by atoms with van der Waals surface area (Å²) in [7, 11) is 0. The number of carbonyl (C=O) groups excluding carboxylic acids is 1. The molecule has 1 aliphatic rings. The number of aromatic nitrogens is 4. The van der Waals surface area contributed by atoms with Crippen molar-refractivity contribution in [2.75, 3.05) is 5.32 Å². The van der Waals surface area contributed by atoms with E-state index in [1.165, 1.54) is 22.8 Å². The van der Waals surface area contributed by atoms with Crippen LogP contribution in [-0.2, 0) is 24.2 Å². The van der Waals surface area contributed by atoms with Gasteiger partial charge < -0.3 is 5.32 Å². The molecule has 0 atom stereocenters. The lowest BCUT2D eigenvalue weighted by Gasteiger charge is -2.11. The minimum atomic E-state index is 0.000979. The van der Waals surface area contributed by atoms with Crippen LogP contribution in [-0.4, -0.2) is 26.9 Å². The van der Waals surface area contributed by atoms with Gasteiger partial charge in [-0.1, -0.05) is 33.6 Å². The van der Waals surface area contributed by atoms with Gasteiger partial charge in [-0.05, 0) is 30.9 Å². The number of anilines is 1. The number of nitrogens with one attached hydrogen (secondary N) is 1. The summed E-state index contributed by atoms with van der Waals surface area (Å²) < 4.78 is 6.47. The molecule has 7 nitrogen and oxygen atoms in total. The van der Waals surface area contributed by atoms with E-state index in [-0.39, 0.29) is 12.3 Å². The topological polar surface area (TPSA) is 84.8 Å². The van der Waals surface area contributed by atoms with E-state index < -0.39 is 0 Å². The Kier molecular flexibility index (Phi) is 3.97. The molecule has 1 aliphatic carbocycles. The van der Waals surface area contributed by atoms with Crippen molar-refractivity contribution in [3.8, 4) is 11.3 Å². The smallest absolute Gasteiger partial charge is 0.276 e. The van der Waals surface area contributed by atoms with Crippen molar-refractivity contribution in [2.45, 2.75) is 32.4 Å². The molecule has 0 saturated heterocycles. The molecule has 7 heteroatoms. The van der Waals surface area contributed by atoms with Gasteiger partial charge in [-0.2, -0.15) is 0 Å².